The largest absolute Gasteiger partial charge is 0.491 e. The van der Waals surface area contributed by atoms with E-state index in [1.54, 1.807) is 71.7 Å². The molecule has 7 rings (SSSR count). The quantitative estimate of drug-likeness (QED) is 0.0185. The van der Waals surface area contributed by atoms with Gasteiger partial charge in [-0.2, -0.15) is 5.10 Å². The van der Waals surface area contributed by atoms with Gasteiger partial charge in [0.2, 0.25) is 5.13 Å². The number of anilines is 1. The summed E-state index contributed by atoms with van der Waals surface area (Å²) < 4.78 is 45.7. The Morgan fingerprint density at radius 3 is 1.48 bits per heavy atom. The van der Waals surface area contributed by atoms with Gasteiger partial charge < -0.3 is 53.2 Å². The highest BCUT2D eigenvalue weighted by atomic mass is 32.1. The molecule has 4 aromatic carbocycles. The molecule has 0 unspecified atom stereocenters. The van der Waals surface area contributed by atoms with Crippen LogP contribution in [0.4, 0.5) is 5.13 Å². The van der Waals surface area contributed by atoms with Gasteiger partial charge in [-0.3, -0.25) is 19.2 Å². The van der Waals surface area contributed by atoms with E-state index in [0.29, 0.717) is 111 Å². The lowest BCUT2D eigenvalue weighted by atomic mass is 9.82. The van der Waals surface area contributed by atoms with Crippen LogP contribution in [-0.4, -0.2) is 116 Å². The maximum Gasteiger partial charge on any atom is 0.314 e. The number of aliphatic hydroxyl groups is 3. The molecular formula is C52H59N3O15S. The first-order valence-corrected chi connectivity index (χ1v) is 24.6. The Balaban J connectivity index is 0.947. The normalized spacial score (nSPS) is 17.9. The van der Waals surface area contributed by atoms with Gasteiger partial charge in [0.15, 0.2) is 0 Å². The van der Waals surface area contributed by atoms with E-state index in [1.807, 2.05) is 24.3 Å². The monoisotopic (exact) mass is 997 g/mol. The van der Waals surface area contributed by atoms with Crippen molar-refractivity contribution < 1.29 is 72.4 Å². The fraction of sp³-hybridized carbons (Fsp3) is 0.423. The van der Waals surface area contributed by atoms with E-state index in [9.17, 15) is 24.3 Å². The van der Waals surface area contributed by atoms with E-state index in [-0.39, 0.29) is 63.0 Å². The number of fused-ring (bicyclic) bond motifs is 1. The van der Waals surface area contributed by atoms with Gasteiger partial charge in [0, 0.05) is 5.56 Å². The number of aromatic nitrogens is 1. The van der Waals surface area contributed by atoms with E-state index < -0.39 is 35.6 Å². The van der Waals surface area contributed by atoms with Crippen LogP contribution in [0.3, 0.4) is 0 Å². The second-order valence-electron chi connectivity index (χ2n) is 16.8. The van der Waals surface area contributed by atoms with Crippen LogP contribution in [-0.2, 0) is 28.7 Å². The Morgan fingerprint density at radius 1 is 0.549 bits per heavy atom. The Labute approximate surface area is 415 Å². The number of rotatable bonds is 25. The fourth-order valence-corrected chi connectivity index (χ4v) is 9.03. The van der Waals surface area contributed by atoms with Crippen LogP contribution < -0.4 is 33.4 Å². The number of esters is 4. The van der Waals surface area contributed by atoms with E-state index in [4.69, 9.17) is 48.1 Å². The summed E-state index contributed by atoms with van der Waals surface area (Å²) in [5.41, 5.74) is 1.10. The summed E-state index contributed by atoms with van der Waals surface area (Å²) in [6.07, 6.45) is 4.82. The van der Waals surface area contributed by atoms with Gasteiger partial charge in [0.05, 0.1) is 92.9 Å². The van der Waals surface area contributed by atoms with E-state index in [2.05, 4.69) is 10.1 Å². The Bertz CT molecular complexity index is 2490. The van der Waals surface area contributed by atoms with Crippen LogP contribution in [0.25, 0.3) is 10.2 Å². The average molecular weight is 998 g/mol. The highest BCUT2D eigenvalue weighted by Gasteiger charge is 2.34. The minimum absolute atomic E-state index is 0.0586. The SMILES string of the molecule is O=C(Oc1ccc(OCCOCCO)cc1)C1CCC(C(=O)Oc2ccc(OC(=O)C3CCC(C(=O)Oc4ccc(OCCOCCO)cc4)CC3)c(/C=N/N(CCO)c3nc4ccccc4s3)c2)CC1. The Hall–Kier alpha value is -6.48. The third kappa shape index (κ3) is 15.8. The summed E-state index contributed by atoms with van der Waals surface area (Å²) in [5, 5.41) is 34.3. The number of hydrazone groups is 1. The maximum atomic E-state index is 13.7. The second kappa shape index (κ2) is 27.2. The highest BCUT2D eigenvalue weighted by molar-refractivity contribution is 7.22. The lowest BCUT2D eigenvalue weighted by molar-refractivity contribution is -0.145. The predicted octanol–water partition coefficient (Wildman–Crippen LogP) is 6.54. The molecule has 71 heavy (non-hydrogen) atoms. The molecule has 2 aliphatic carbocycles. The number of benzene rings is 4. The van der Waals surface area contributed by atoms with Crippen molar-refractivity contribution in [3.63, 3.8) is 0 Å². The van der Waals surface area contributed by atoms with Crippen molar-refractivity contribution in [3.8, 4) is 34.5 Å². The molecule has 1 heterocycles. The zero-order chi connectivity index (χ0) is 49.8. The van der Waals surface area contributed by atoms with Crippen LogP contribution >= 0.6 is 11.3 Å². The van der Waals surface area contributed by atoms with E-state index in [1.165, 1.54) is 17.6 Å². The number of carbonyl (C=O) groups is 4. The number of thiazole rings is 1. The van der Waals surface area contributed by atoms with Crippen molar-refractivity contribution in [1.82, 2.24) is 4.98 Å². The molecule has 0 bridgehead atoms. The molecule has 0 aliphatic heterocycles. The molecule has 5 aromatic rings. The van der Waals surface area contributed by atoms with Crippen LogP contribution in [0.15, 0.2) is 96.1 Å². The van der Waals surface area contributed by atoms with Crippen LogP contribution in [0.1, 0.15) is 56.9 Å². The van der Waals surface area contributed by atoms with Gasteiger partial charge in [-0.05, 0) is 130 Å². The molecule has 0 amide bonds. The average Bonchev–Trinajstić information content (AvgIpc) is 3.83. The standard InChI is InChI=1S/C52H59N3O15S/c56-24-23-55(52-54-45-3-1-2-4-47(45)71-52)53-34-39-33-44(69-50(61)37-7-5-35(6-8-37)48(59)67-42-17-13-40(14-18-42)65-31-29-63-27-25-57)21-22-46(39)70-51(62)38-11-9-36(10-12-38)49(60)68-43-19-15-41(16-20-43)66-32-30-64-28-26-58/h1-4,13-22,33-38,56-58H,5-12,23-32H2/b53-34+. The Morgan fingerprint density at radius 2 is 1.00 bits per heavy atom. The topological polar surface area (TPSA) is 231 Å². The van der Waals surface area contributed by atoms with Crippen molar-refractivity contribution in [2.24, 2.45) is 28.8 Å². The van der Waals surface area contributed by atoms with E-state index >= 15 is 0 Å². The van der Waals surface area contributed by atoms with Crippen LogP contribution in [0.2, 0.25) is 0 Å². The molecule has 19 heteroatoms. The molecule has 2 fully saturated rings. The van der Waals surface area contributed by atoms with Gasteiger partial charge in [0.1, 0.15) is 47.7 Å². The molecule has 18 nitrogen and oxygen atoms in total. The first-order valence-electron chi connectivity index (χ1n) is 23.8. The van der Waals surface area contributed by atoms with Crippen LogP contribution in [0, 0.1) is 23.7 Å². The summed E-state index contributed by atoms with van der Waals surface area (Å²) in [7, 11) is 0. The molecule has 0 spiro atoms. The molecule has 2 aliphatic rings. The highest BCUT2D eigenvalue weighted by Crippen LogP contribution is 2.35. The molecule has 378 valence electrons. The summed E-state index contributed by atoms with van der Waals surface area (Å²) in [6.45, 7) is 1.53. The molecule has 3 N–H and O–H groups in total. The lowest BCUT2D eigenvalue weighted by Crippen LogP contribution is -2.30. The van der Waals surface area contributed by atoms with E-state index in [0.717, 1.165) is 10.2 Å². The minimum atomic E-state index is -0.491. The number of ether oxygens (including phenoxy) is 8. The molecule has 0 saturated heterocycles. The number of hydrogen-bond donors (Lipinski definition) is 3. The summed E-state index contributed by atoms with van der Waals surface area (Å²) >= 11 is 1.40. The smallest absolute Gasteiger partial charge is 0.314 e. The third-order valence-corrected chi connectivity index (χ3v) is 12.9. The van der Waals surface area contributed by atoms with Crippen molar-refractivity contribution in [2.45, 2.75) is 51.4 Å². The number of para-hydroxylation sites is 1. The zero-order valence-electron chi connectivity index (χ0n) is 39.3. The number of hydrogen-bond acceptors (Lipinski definition) is 19. The predicted molar refractivity (Wildman–Crippen MR) is 261 cm³/mol. The second-order valence-corrected chi connectivity index (χ2v) is 17.9. The van der Waals surface area contributed by atoms with Crippen molar-refractivity contribution in [2.75, 3.05) is 71.0 Å². The summed E-state index contributed by atoms with van der Waals surface area (Å²) in [4.78, 5) is 58.2. The first-order chi connectivity index (χ1) is 34.7. The maximum absolute atomic E-state index is 13.7. The van der Waals surface area contributed by atoms with Crippen LogP contribution in [0.5, 0.6) is 34.5 Å². The number of aliphatic hydroxyl groups excluding tert-OH is 3. The Kier molecular flexibility index (Phi) is 20.1. The number of nitrogens with zero attached hydrogens (tertiary/aromatic N) is 3. The molecule has 0 radical (unpaired) electrons. The summed E-state index contributed by atoms with van der Waals surface area (Å²) in [6, 6.07) is 25.6. The van der Waals surface area contributed by atoms with Gasteiger partial charge in [-0.1, -0.05) is 23.5 Å². The fourth-order valence-electron chi connectivity index (χ4n) is 8.08. The molecule has 2 saturated carbocycles. The van der Waals surface area contributed by atoms with Gasteiger partial charge >= 0.3 is 23.9 Å². The molecule has 0 atom stereocenters. The van der Waals surface area contributed by atoms with Crippen molar-refractivity contribution in [3.05, 3.63) is 96.6 Å². The van der Waals surface area contributed by atoms with Crippen molar-refractivity contribution in [1.29, 1.82) is 0 Å². The van der Waals surface area contributed by atoms with Gasteiger partial charge in [0.25, 0.3) is 0 Å². The van der Waals surface area contributed by atoms with Gasteiger partial charge in [-0.25, -0.2) is 9.99 Å². The summed E-state index contributed by atoms with van der Waals surface area (Å²) in [5.74, 6) is -1.17. The molecule has 1 aromatic heterocycles. The number of carbonyl (C=O) groups excluding carboxylic acids is 4. The minimum Gasteiger partial charge on any atom is -0.491 e. The lowest BCUT2D eigenvalue weighted by Gasteiger charge is -2.26. The molecular weight excluding hydrogens is 939 g/mol. The van der Waals surface area contributed by atoms with Gasteiger partial charge in [-0.15, -0.1) is 0 Å². The van der Waals surface area contributed by atoms with Crippen molar-refractivity contribution >= 4 is 56.8 Å². The zero-order valence-corrected chi connectivity index (χ0v) is 40.1. The first kappa shape index (κ1) is 52.3. The third-order valence-electron chi connectivity index (χ3n) is 11.9.